The van der Waals surface area contributed by atoms with E-state index in [-0.39, 0.29) is 42.3 Å². The fourth-order valence-electron chi connectivity index (χ4n) is 10.7. The molecule has 10 atom stereocenters. The second-order valence-electron chi connectivity index (χ2n) is 21.2. The van der Waals surface area contributed by atoms with Crippen LogP contribution in [-0.4, -0.2) is 100 Å². The summed E-state index contributed by atoms with van der Waals surface area (Å²) in [6.45, 7) is 13.2. The van der Waals surface area contributed by atoms with E-state index < -0.39 is 78.2 Å². The number of ether oxygens (including phenoxy) is 5. The summed E-state index contributed by atoms with van der Waals surface area (Å²) < 4.78 is 31.3. The number of benzene rings is 1. The maximum absolute atomic E-state index is 14.0. The van der Waals surface area contributed by atoms with Crippen LogP contribution < -0.4 is 10.6 Å². The zero-order valence-corrected chi connectivity index (χ0v) is 37.6. The van der Waals surface area contributed by atoms with Crippen LogP contribution >= 0.6 is 0 Å². The highest BCUT2D eigenvalue weighted by Gasteiger charge is 2.65. The van der Waals surface area contributed by atoms with Gasteiger partial charge in [-0.1, -0.05) is 37.6 Å². The number of rotatable bonds is 14. The topological polar surface area (TPSA) is 182 Å². The van der Waals surface area contributed by atoms with E-state index in [9.17, 15) is 29.4 Å². The Labute approximate surface area is 366 Å². The van der Waals surface area contributed by atoms with Crippen molar-refractivity contribution >= 4 is 29.8 Å². The lowest BCUT2D eigenvalue weighted by Gasteiger charge is -2.53. The first kappa shape index (κ1) is 45.0. The Morgan fingerprint density at radius 2 is 1.65 bits per heavy atom. The van der Waals surface area contributed by atoms with Gasteiger partial charge in [0.25, 0.3) is 0 Å². The second kappa shape index (κ2) is 17.1. The molecule has 2 amide bonds. The van der Waals surface area contributed by atoms with Crippen molar-refractivity contribution in [2.75, 3.05) is 6.61 Å². The van der Waals surface area contributed by atoms with E-state index in [1.54, 1.807) is 39.0 Å². The smallest absolute Gasteiger partial charge is 0.338 e. The Morgan fingerprint density at radius 3 is 2.26 bits per heavy atom. The molecule has 10 unspecified atom stereocenters. The largest absolute Gasteiger partial charge is 0.460 e. The lowest BCUT2D eigenvalue weighted by atomic mass is 9.52. The van der Waals surface area contributed by atoms with Crippen LogP contribution in [0.15, 0.2) is 41.5 Å². The zero-order valence-electron chi connectivity index (χ0n) is 37.6. The van der Waals surface area contributed by atoms with E-state index >= 15 is 0 Å². The van der Waals surface area contributed by atoms with Crippen molar-refractivity contribution in [1.82, 2.24) is 10.6 Å². The second-order valence-corrected chi connectivity index (χ2v) is 21.2. The standard InChI is InChI=1S/C49H68N2O11/c1-27(53)41(44(56)50-34(26-52)17-19-40(54)61-46(2,3)4)51-43(55)31-23-37(42-38(24-31)59-49(62-42,32-13-14-32)33-15-16-33)58-45(57)29-10-8-28(9-11-29)22-30-12-18-39-48(7,60-39)21-20-36-35(30)25-47(36,5)6/h8-11,22,24,27,32-39,41-42,52-53H,12-21,23,25-26H2,1-7H3,(H,50,56)(H,51,55). The van der Waals surface area contributed by atoms with Gasteiger partial charge >= 0.3 is 11.9 Å². The third kappa shape index (κ3) is 9.72. The van der Waals surface area contributed by atoms with Gasteiger partial charge in [0.05, 0.1) is 36.0 Å². The highest BCUT2D eigenvalue weighted by molar-refractivity contribution is 5.98. The molecule has 0 aromatic heterocycles. The third-order valence-corrected chi connectivity index (χ3v) is 14.6. The van der Waals surface area contributed by atoms with Crippen LogP contribution in [0.1, 0.15) is 141 Å². The monoisotopic (exact) mass is 860 g/mol. The highest BCUT2D eigenvalue weighted by atomic mass is 16.8. The van der Waals surface area contributed by atoms with Gasteiger partial charge in [-0.25, -0.2) is 4.79 Å². The van der Waals surface area contributed by atoms with Gasteiger partial charge in [-0.15, -0.1) is 0 Å². The van der Waals surface area contributed by atoms with Gasteiger partial charge in [-0.05, 0) is 140 Å². The minimum absolute atomic E-state index is 0.00363. The SMILES string of the molecule is CC(O)C(NC(=O)C1=CC2OC(C3CC3)(C3CC3)OC2C(OC(=O)c2ccc(C=C3CCC4OC4(C)CCC4C3CC4(C)C)cc2)C1)C(=O)NC(CO)CCC(=O)OC(C)(C)C. The molecular formula is C49H68N2O11. The molecule has 13 heteroatoms. The molecule has 2 heterocycles. The first-order valence-corrected chi connectivity index (χ1v) is 23.1. The van der Waals surface area contributed by atoms with E-state index in [1.165, 1.54) is 25.3 Å². The molecule has 6 fully saturated rings. The number of amides is 2. The van der Waals surface area contributed by atoms with E-state index in [1.807, 2.05) is 12.1 Å². The summed E-state index contributed by atoms with van der Waals surface area (Å²) in [5.74, 6) is -1.53. The van der Waals surface area contributed by atoms with Gasteiger partial charge in [0.2, 0.25) is 11.8 Å². The number of carbonyl (C=O) groups excluding carboxylic acids is 4. The number of carbonyl (C=O) groups is 4. The third-order valence-electron chi connectivity index (χ3n) is 14.6. The predicted octanol–water partition coefficient (Wildman–Crippen LogP) is 6.08. The number of epoxide rings is 1. The fourth-order valence-corrected chi connectivity index (χ4v) is 10.7. The van der Waals surface area contributed by atoms with Gasteiger partial charge in [0.15, 0.2) is 5.79 Å². The van der Waals surface area contributed by atoms with Crippen LogP contribution in [0, 0.1) is 29.1 Å². The Hall–Kier alpha value is -3.62. The van der Waals surface area contributed by atoms with Gasteiger partial charge in [-0.3, -0.25) is 14.4 Å². The number of esters is 2. The van der Waals surface area contributed by atoms with E-state index in [4.69, 9.17) is 23.7 Å². The van der Waals surface area contributed by atoms with Crippen LogP contribution in [0.3, 0.4) is 0 Å². The minimum Gasteiger partial charge on any atom is -0.460 e. The van der Waals surface area contributed by atoms with Gasteiger partial charge in [-0.2, -0.15) is 0 Å². The maximum Gasteiger partial charge on any atom is 0.338 e. The molecule has 4 saturated carbocycles. The highest BCUT2D eigenvalue weighted by Crippen LogP contribution is 2.61. The lowest BCUT2D eigenvalue weighted by Crippen LogP contribution is -2.55. The number of hydrogen-bond donors (Lipinski definition) is 4. The molecule has 1 aromatic carbocycles. The summed E-state index contributed by atoms with van der Waals surface area (Å²) in [6.07, 6.45) is 10.3. The fraction of sp³-hybridized carbons (Fsp3) is 0.714. The van der Waals surface area contributed by atoms with E-state index in [2.05, 4.69) is 37.5 Å². The van der Waals surface area contributed by atoms with Crippen LogP contribution in [0.2, 0.25) is 0 Å². The molecule has 13 nitrogen and oxygen atoms in total. The van der Waals surface area contributed by atoms with E-state index in [0.717, 1.165) is 50.5 Å². The molecule has 340 valence electrons. The first-order valence-electron chi connectivity index (χ1n) is 23.1. The molecule has 0 spiro atoms. The number of nitrogens with one attached hydrogen (secondary N) is 2. The van der Waals surface area contributed by atoms with Crippen molar-refractivity contribution in [3.63, 3.8) is 0 Å². The number of allylic oxidation sites excluding steroid dienone is 1. The van der Waals surface area contributed by atoms with Gasteiger partial charge in [0.1, 0.15) is 30.0 Å². The minimum atomic E-state index is -1.39. The van der Waals surface area contributed by atoms with Crippen molar-refractivity contribution in [3.8, 4) is 0 Å². The number of hydrogen-bond acceptors (Lipinski definition) is 11. The van der Waals surface area contributed by atoms with Crippen molar-refractivity contribution < 1.29 is 53.1 Å². The predicted molar refractivity (Wildman–Crippen MR) is 229 cm³/mol. The van der Waals surface area contributed by atoms with Crippen molar-refractivity contribution in [2.24, 2.45) is 29.1 Å². The molecule has 62 heavy (non-hydrogen) atoms. The first-order chi connectivity index (χ1) is 29.3. The summed E-state index contributed by atoms with van der Waals surface area (Å²) in [6, 6.07) is 5.31. The number of aliphatic hydroxyl groups is 2. The molecule has 0 radical (unpaired) electrons. The van der Waals surface area contributed by atoms with Crippen molar-refractivity contribution in [2.45, 2.75) is 185 Å². The molecule has 2 saturated heterocycles. The van der Waals surface area contributed by atoms with Crippen molar-refractivity contribution in [3.05, 3.63) is 52.6 Å². The van der Waals surface area contributed by atoms with Gasteiger partial charge < -0.3 is 44.5 Å². The molecule has 0 bridgehead atoms. The Balaban J connectivity index is 0.952. The van der Waals surface area contributed by atoms with Crippen LogP contribution in [0.25, 0.3) is 6.08 Å². The van der Waals surface area contributed by atoms with Crippen LogP contribution in [0.5, 0.6) is 0 Å². The zero-order chi connectivity index (χ0) is 44.4. The average molecular weight is 861 g/mol. The summed E-state index contributed by atoms with van der Waals surface area (Å²) >= 11 is 0. The van der Waals surface area contributed by atoms with Crippen LogP contribution in [0.4, 0.5) is 0 Å². The van der Waals surface area contributed by atoms with Gasteiger partial charge in [0, 0.05) is 30.3 Å². The number of aliphatic hydroxyl groups excluding tert-OH is 2. The molecule has 5 aliphatic carbocycles. The number of fused-ring (bicyclic) bond motifs is 3. The van der Waals surface area contributed by atoms with Crippen molar-refractivity contribution in [1.29, 1.82) is 0 Å². The van der Waals surface area contributed by atoms with Crippen LogP contribution in [-0.2, 0) is 38.1 Å². The quantitative estimate of drug-likeness (QED) is 0.126. The molecule has 4 N–H and O–H groups in total. The molecular weight excluding hydrogens is 793 g/mol. The summed E-state index contributed by atoms with van der Waals surface area (Å²) in [7, 11) is 0. The normalized spacial score (nSPS) is 33.0. The molecule has 8 rings (SSSR count). The molecule has 7 aliphatic rings. The molecule has 1 aromatic rings. The maximum atomic E-state index is 14.0. The Morgan fingerprint density at radius 1 is 0.952 bits per heavy atom. The summed E-state index contributed by atoms with van der Waals surface area (Å²) in [5, 5.41) is 26.0. The Kier molecular flexibility index (Phi) is 12.4. The lowest BCUT2D eigenvalue weighted by molar-refractivity contribution is -0.209. The Bertz CT molecular complexity index is 1930. The summed E-state index contributed by atoms with van der Waals surface area (Å²) in [4.78, 5) is 53.7. The average Bonchev–Trinajstić information content (AvgIpc) is 4.12. The summed E-state index contributed by atoms with van der Waals surface area (Å²) in [5.41, 5.74) is 2.77. The van der Waals surface area contributed by atoms with E-state index in [0.29, 0.717) is 28.9 Å². The molecule has 2 aliphatic heterocycles.